The summed E-state index contributed by atoms with van der Waals surface area (Å²) in [6.07, 6.45) is 0.824. The molecule has 0 spiro atoms. The summed E-state index contributed by atoms with van der Waals surface area (Å²) >= 11 is 0. The average molecular weight is 449 g/mol. The molecule has 0 amide bonds. The minimum atomic E-state index is 0. The summed E-state index contributed by atoms with van der Waals surface area (Å²) in [7, 11) is 0. The van der Waals surface area contributed by atoms with E-state index in [2.05, 4.69) is 44.7 Å². The van der Waals surface area contributed by atoms with Gasteiger partial charge >= 0.3 is 0 Å². The molecule has 0 unspecified atom stereocenters. The first-order chi connectivity index (χ1) is 11.8. The highest BCUT2D eigenvalue weighted by Gasteiger charge is 2.03. The molecule has 132 valence electrons. The van der Waals surface area contributed by atoms with Gasteiger partial charge in [0, 0.05) is 19.5 Å². The Bertz CT molecular complexity index is 765. The molecule has 1 aromatic heterocycles. The van der Waals surface area contributed by atoms with E-state index in [1.165, 1.54) is 5.56 Å². The van der Waals surface area contributed by atoms with E-state index in [-0.39, 0.29) is 24.0 Å². The first-order valence-electron chi connectivity index (χ1n) is 8.35. The average Bonchev–Trinajstić information content (AvgIpc) is 3.03. The minimum Gasteiger partial charge on any atom is -0.357 e. The van der Waals surface area contributed by atoms with E-state index >= 15 is 0 Å². The summed E-state index contributed by atoms with van der Waals surface area (Å²) in [6, 6.07) is 18.3. The highest BCUT2D eigenvalue weighted by molar-refractivity contribution is 14.0. The van der Waals surface area contributed by atoms with Gasteiger partial charge in [0.05, 0.1) is 17.6 Å². The predicted octanol–water partition coefficient (Wildman–Crippen LogP) is 3.48. The van der Waals surface area contributed by atoms with Crippen LogP contribution in [0.5, 0.6) is 0 Å². The summed E-state index contributed by atoms with van der Waals surface area (Å²) in [5.74, 6) is 1.82. The molecule has 0 radical (unpaired) electrons. The zero-order chi connectivity index (χ0) is 16.6. The molecule has 1 heterocycles. The second kappa shape index (κ2) is 10.0. The first-order valence-corrected chi connectivity index (χ1v) is 8.35. The molecule has 3 rings (SSSR count). The molecular weight excluding hydrogens is 425 g/mol. The van der Waals surface area contributed by atoms with Crippen LogP contribution >= 0.6 is 24.0 Å². The third-order valence-electron chi connectivity index (χ3n) is 3.70. The number of imidazole rings is 1. The minimum absolute atomic E-state index is 0. The summed E-state index contributed by atoms with van der Waals surface area (Å²) in [5.41, 5.74) is 3.29. The fraction of sp³-hybridized carbons (Fsp3) is 0.263. The number of nitrogens with zero attached hydrogens (tertiary/aromatic N) is 2. The third kappa shape index (κ3) is 5.74. The number of rotatable bonds is 6. The molecule has 0 aliphatic carbocycles. The lowest BCUT2D eigenvalue weighted by molar-refractivity contribution is 0.780. The van der Waals surface area contributed by atoms with E-state index < -0.39 is 0 Å². The molecule has 2 aromatic carbocycles. The van der Waals surface area contributed by atoms with E-state index in [1.807, 2.05) is 42.5 Å². The maximum Gasteiger partial charge on any atom is 0.191 e. The van der Waals surface area contributed by atoms with Crippen molar-refractivity contribution in [1.29, 1.82) is 0 Å². The zero-order valence-electron chi connectivity index (χ0n) is 14.3. The smallest absolute Gasteiger partial charge is 0.191 e. The highest BCUT2D eigenvalue weighted by atomic mass is 127. The predicted molar refractivity (Wildman–Crippen MR) is 114 cm³/mol. The van der Waals surface area contributed by atoms with Crippen molar-refractivity contribution in [3.63, 3.8) is 0 Å². The number of aromatic amines is 1. The van der Waals surface area contributed by atoms with Gasteiger partial charge in [-0.15, -0.1) is 24.0 Å². The monoisotopic (exact) mass is 449 g/mol. The molecule has 5 nitrogen and oxygen atoms in total. The van der Waals surface area contributed by atoms with Crippen molar-refractivity contribution in [2.45, 2.75) is 19.9 Å². The van der Waals surface area contributed by atoms with Crippen LogP contribution in [0, 0.1) is 0 Å². The van der Waals surface area contributed by atoms with Crippen molar-refractivity contribution in [3.05, 3.63) is 66.0 Å². The Balaban J connectivity index is 0.00000225. The first kappa shape index (κ1) is 19.2. The van der Waals surface area contributed by atoms with E-state index in [9.17, 15) is 0 Å². The lowest BCUT2D eigenvalue weighted by Gasteiger charge is -2.10. The molecule has 0 bridgehead atoms. The van der Waals surface area contributed by atoms with Gasteiger partial charge < -0.3 is 15.6 Å². The van der Waals surface area contributed by atoms with Crippen molar-refractivity contribution < 1.29 is 0 Å². The number of aliphatic imine (C=N–C) groups is 1. The van der Waals surface area contributed by atoms with Gasteiger partial charge in [-0.1, -0.05) is 42.5 Å². The summed E-state index contributed by atoms with van der Waals surface area (Å²) < 4.78 is 0. The van der Waals surface area contributed by atoms with Crippen LogP contribution in [0.3, 0.4) is 0 Å². The van der Waals surface area contributed by atoms with Gasteiger partial charge in [-0.3, -0.25) is 0 Å². The number of para-hydroxylation sites is 2. The number of hydrogen-bond acceptors (Lipinski definition) is 2. The lowest BCUT2D eigenvalue weighted by atomic mass is 10.2. The largest absolute Gasteiger partial charge is 0.357 e. The van der Waals surface area contributed by atoms with Gasteiger partial charge in [0.25, 0.3) is 0 Å². The Morgan fingerprint density at radius 1 is 1.04 bits per heavy atom. The molecule has 0 saturated carbocycles. The van der Waals surface area contributed by atoms with Crippen LogP contribution in [0.15, 0.2) is 59.6 Å². The number of H-pyrrole nitrogens is 1. The van der Waals surface area contributed by atoms with E-state index in [0.717, 1.165) is 42.3 Å². The fourth-order valence-electron chi connectivity index (χ4n) is 2.52. The maximum atomic E-state index is 4.62. The van der Waals surface area contributed by atoms with Crippen molar-refractivity contribution in [2.75, 3.05) is 13.1 Å². The third-order valence-corrected chi connectivity index (χ3v) is 3.70. The number of guanidine groups is 1. The van der Waals surface area contributed by atoms with Crippen LogP contribution in [0.1, 0.15) is 18.3 Å². The molecule has 0 fully saturated rings. The highest BCUT2D eigenvalue weighted by Crippen LogP contribution is 2.10. The summed E-state index contributed by atoms with van der Waals surface area (Å²) in [5, 5.41) is 6.64. The van der Waals surface area contributed by atoms with Gasteiger partial charge in [0.2, 0.25) is 0 Å². The van der Waals surface area contributed by atoms with Gasteiger partial charge in [-0.25, -0.2) is 9.98 Å². The molecule has 0 atom stereocenters. The van der Waals surface area contributed by atoms with Crippen LogP contribution in [-0.2, 0) is 13.0 Å². The second-order valence-electron chi connectivity index (χ2n) is 5.56. The zero-order valence-corrected chi connectivity index (χ0v) is 16.7. The van der Waals surface area contributed by atoms with Crippen LogP contribution in [0.25, 0.3) is 11.0 Å². The Morgan fingerprint density at radius 3 is 2.56 bits per heavy atom. The normalized spacial score (nSPS) is 11.2. The van der Waals surface area contributed by atoms with Crippen LogP contribution in [-0.4, -0.2) is 29.0 Å². The standard InChI is InChI=1S/C19H23N5.HI/c1-2-20-19(22-14-15-8-4-3-5-9-15)21-13-12-18-23-16-10-6-7-11-17(16)24-18;/h3-11H,2,12-14H2,1H3,(H,23,24)(H2,20,21,22);1H. The van der Waals surface area contributed by atoms with E-state index in [1.54, 1.807) is 0 Å². The number of hydrogen-bond donors (Lipinski definition) is 3. The Kier molecular flexibility index (Phi) is 7.72. The number of halogens is 1. The molecule has 3 aromatic rings. The van der Waals surface area contributed by atoms with Crippen molar-refractivity contribution >= 4 is 41.0 Å². The van der Waals surface area contributed by atoms with Gasteiger partial charge in [-0.2, -0.15) is 0 Å². The Labute approximate surface area is 165 Å². The van der Waals surface area contributed by atoms with Crippen molar-refractivity contribution in [2.24, 2.45) is 4.99 Å². The van der Waals surface area contributed by atoms with Gasteiger partial charge in [-0.05, 0) is 24.6 Å². The summed E-state index contributed by atoms with van der Waals surface area (Å²) in [4.78, 5) is 12.6. The van der Waals surface area contributed by atoms with Gasteiger partial charge in [0.1, 0.15) is 5.82 Å². The molecule has 0 aliphatic heterocycles. The van der Waals surface area contributed by atoms with Crippen molar-refractivity contribution in [1.82, 2.24) is 20.6 Å². The lowest BCUT2D eigenvalue weighted by Crippen LogP contribution is -2.38. The SMILES string of the molecule is CCNC(=NCc1ccccc1)NCCc1nc2ccccc2[nH]1.I. The number of benzene rings is 2. The fourth-order valence-corrected chi connectivity index (χ4v) is 2.52. The number of fused-ring (bicyclic) bond motifs is 1. The van der Waals surface area contributed by atoms with Gasteiger partial charge in [0.15, 0.2) is 5.96 Å². The molecule has 25 heavy (non-hydrogen) atoms. The topological polar surface area (TPSA) is 65.1 Å². The Morgan fingerprint density at radius 2 is 1.80 bits per heavy atom. The maximum absolute atomic E-state index is 4.62. The van der Waals surface area contributed by atoms with Crippen LogP contribution in [0.4, 0.5) is 0 Å². The quantitative estimate of drug-likeness (QED) is 0.307. The molecule has 3 N–H and O–H groups in total. The molecule has 6 heteroatoms. The Hall–Kier alpha value is -2.09. The molecule has 0 saturated heterocycles. The molecular formula is C19H24IN5. The second-order valence-corrected chi connectivity index (χ2v) is 5.56. The van der Waals surface area contributed by atoms with Crippen LogP contribution < -0.4 is 10.6 Å². The van der Waals surface area contributed by atoms with E-state index in [0.29, 0.717) is 6.54 Å². The molecule has 0 aliphatic rings. The van der Waals surface area contributed by atoms with Crippen LogP contribution in [0.2, 0.25) is 0 Å². The number of aromatic nitrogens is 2. The summed E-state index contributed by atoms with van der Waals surface area (Å²) in [6.45, 7) is 4.35. The number of nitrogens with one attached hydrogen (secondary N) is 3. The van der Waals surface area contributed by atoms with E-state index in [4.69, 9.17) is 0 Å². The van der Waals surface area contributed by atoms with Crippen molar-refractivity contribution in [3.8, 4) is 0 Å².